The van der Waals surface area contributed by atoms with Crippen molar-refractivity contribution in [2.75, 3.05) is 43.1 Å². The Morgan fingerprint density at radius 3 is 2.61 bits per heavy atom. The molecule has 31 heavy (non-hydrogen) atoms. The first-order valence-corrected chi connectivity index (χ1v) is 10.4. The summed E-state index contributed by atoms with van der Waals surface area (Å²) in [7, 11) is 0. The molecule has 1 aliphatic heterocycles. The van der Waals surface area contributed by atoms with Crippen molar-refractivity contribution in [1.82, 2.24) is 15.3 Å². The van der Waals surface area contributed by atoms with Crippen molar-refractivity contribution in [3.8, 4) is 0 Å². The van der Waals surface area contributed by atoms with E-state index in [1.807, 2.05) is 36.9 Å². The van der Waals surface area contributed by atoms with Crippen LogP contribution in [0.1, 0.15) is 28.8 Å². The zero-order valence-electron chi connectivity index (χ0n) is 18.2. The first-order valence-electron chi connectivity index (χ1n) is 10.4. The number of ether oxygens (including phenoxy) is 1. The summed E-state index contributed by atoms with van der Waals surface area (Å²) >= 11 is 0. The zero-order chi connectivity index (χ0) is 22.4. The number of carbonyl (C=O) groups is 2. The molecule has 2 amide bonds. The summed E-state index contributed by atoms with van der Waals surface area (Å²) in [6, 6.07) is 5.66. The van der Waals surface area contributed by atoms with Gasteiger partial charge in [-0.25, -0.2) is 4.98 Å². The van der Waals surface area contributed by atoms with Crippen LogP contribution in [0.25, 0.3) is 0 Å². The Labute approximate surface area is 181 Å². The highest BCUT2D eigenvalue weighted by Crippen LogP contribution is 2.17. The van der Waals surface area contributed by atoms with Crippen LogP contribution >= 0.6 is 0 Å². The van der Waals surface area contributed by atoms with Gasteiger partial charge in [-0.2, -0.15) is 0 Å². The van der Waals surface area contributed by atoms with Crippen molar-refractivity contribution in [3.05, 3.63) is 50.9 Å². The molecular weight excluding hydrogens is 398 g/mol. The Kier molecular flexibility index (Phi) is 7.41. The van der Waals surface area contributed by atoms with E-state index in [1.165, 1.54) is 0 Å². The number of anilines is 2. The van der Waals surface area contributed by atoms with Crippen LogP contribution in [0, 0.1) is 20.8 Å². The zero-order valence-corrected chi connectivity index (χ0v) is 18.2. The van der Waals surface area contributed by atoms with Crippen molar-refractivity contribution in [1.29, 1.82) is 0 Å². The molecule has 0 spiro atoms. The molecule has 9 nitrogen and oxygen atoms in total. The second-order valence-corrected chi connectivity index (χ2v) is 7.63. The second kappa shape index (κ2) is 10.2. The molecule has 1 aliphatic rings. The van der Waals surface area contributed by atoms with E-state index in [2.05, 4.69) is 20.6 Å². The van der Waals surface area contributed by atoms with Crippen molar-refractivity contribution >= 4 is 23.5 Å². The van der Waals surface area contributed by atoms with E-state index >= 15 is 0 Å². The Balaban J connectivity index is 1.50. The van der Waals surface area contributed by atoms with Gasteiger partial charge in [-0.1, -0.05) is 12.1 Å². The summed E-state index contributed by atoms with van der Waals surface area (Å²) < 4.78 is 5.32. The summed E-state index contributed by atoms with van der Waals surface area (Å²) in [5, 5.41) is 5.41. The fourth-order valence-electron chi connectivity index (χ4n) is 3.40. The van der Waals surface area contributed by atoms with Crippen LogP contribution in [-0.2, 0) is 20.7 Å². The van der Waals surface area contributed by atoms with Gasteiger partial charge in [-0.05, 0) is 44.4 Å². The number of hydrogen-bond donors (Lipinski definition) is 3. The topological polar surface area (TPSA) is 116 Å². The van der Waals surface area contributed by atoms with Gasteiger partial charge in [0.25, 0.3) is 5.56 Å². The van der Waals surface area contributed by atoms with Gasteiger partial charge in [-0.3, -0.25) is 19.4 Å². The lowest BCUT2D eigenvalue weighted by molar-refractivity contribution is -0.124. The summed E-state index contributed by atoms with van der Waals surface area (Å²) in [6.45, 7) is 8.09. The molecule has 0 atom stereocenters. The van der Waals surface area contributed by atoms with Crippen LogP contribution in [0.3, 0.4) is 0 Å². The Hall–Kier alpha value is -3.20. The quantitative estimate of drug-likeness (QED) is 0.612. The highest BCUT2D eigenvalue weighted by atomic mass is 16.5. The largest absolute Gasteiger partial charge is 0.378 e. The molecule has 3 rings (SSSR count). The Bertz CT molecular complexity index is 1010. The number of benzene rings is 1. The predicted octanol–water partition coefficient (Wildman–Crippen LogP) is 1.22. The maximum absolute atomic E-state index is 12.5. The molecule has 166 valence electrons. The van der Waals surface area contributed by atoms with Gasteiger partial charge in [0.15, 0.2) is 0 Å². The first-order chi connectivity index (χ1) is 14.8. The van der Waals surface area contributed by atoms with E-state index in [1.54, 1.807) is 6.92 Å². The lowest BCUT2D eigenvalue weighted by Crippen LogP contribution is -2.39. The van der Waals surface area contributed by atoms with Crippen LogP contribution in [-0.4, -0.2) is 54.6 Å². The molecule has 3 N–H and O–H groups in total. The van der Waals surface area contributed by atoms with Crippen LogP contribution < -0.4 is 21.1 Å². The van der Waals surface area contributed by atoms with Crippen LogP contribution in [0.5, 0.6) is 0 Å². The number of aromatic nitrogens is 2. The van der Waals surface area contributed by atoms with E-state index in [-0.39, 0.29) is 36.8 Å². The lowest BCUT2D eigenvalue weighted by atomic mass is 10.1. The molecule has 1 fully saturated rings. The van der Waals surface area contributed by atoms with Gasteiger partial charge in [-0.15, -0.1) is 0 Å². The van der Waals surface area contributed by atoms with Crippen LogP contribution in [0.15, 0.2) is 23.0 Å². The third-order valence-electron chi connectivity index (χ3n) is 5.45. The highest BCUT2D eigenvalue weighted by molar-refractivity contribution is 5.95. The summed E-state index contributed by atoms with van der Waals surface area (Å²) in [5.41, 5.74) is 3.64. The lowest BCUT2D eigenvalue weighted by Gasteiger charge is -2.27. The molecule has 1 aromatic heterocycles. The number of nitrogens with one attached hydrogen (secondary N) is 3. The number of carbonyl (C=O) groups excluding carboxylic acids is 2. The van der Waals surface area contributed by atoms with Gasteiger partial charge in [0.1, 0.15) is 0 Å². The standard InChI is InChI=1S/C22H29N5O4/c1-14-5-4-6-18(15(14)2)25-20(29)13-23-19(28)8-7-17-16(3)24-22(26-21(17)30)27-9-11-31-12-10-27/h4-6H,7-13H2,1-3H3,(H,23,28)(H,25,29)(H,24,26,30). The minimum atomic E-state index is -0.299. The molecule has 0 unspecified atom stereocenters. The number of aryl methyl sites for hydroxylation is 2. The summed E-state index contributed by atoms with van der Waals surface area (Å²) in [6.07, 6.45) is 0.348. The van der Waals surface area contributed by atoms with Crippen molar-refractivity contribution < 1.29 is 14.3 Å². The average molecular weight is 428 g/mol. The van der Waals surface area contributed by atoms with Gasteiger partial charge in [0.05, 0.1) is 19.8 Å². The monoisotopic (exact) mass is 427 g/mol. The van der Waals surface area contributed by atoms with E-state index in [0.29, 0.717) is 43.5 Å². The predicted molar refractivity (Wildman–Crippen MR) is 119 cm³/mol. The number of amides is 2. The fourth-order valence-corrected chi connectivity index (χ4v) is 3.40. The molecule has 1 saturated heterocycles. The van der Waals surface area contributed by atoms with Crippen LogP contribution in [0.4, 0.5) is 11.6 Å². The van der Waals surface area contributed by atoms with Crippen molar-refractivity contribution in [2.45, 2.75) is 33.6 Å². The molecular formula is C22H29N5O4. The van der Waals surface area contributed by atoms with Crippen molar-refractivity contribution in [2.24, 2.45) is 0 Å². The minimum Gasteiger partial charge on any atom is -0.378 e. The van der Waals surface area contributed by atoms with Gasteiger partial charge < -0.3 is 20.3 Å². The molecule has 0 saturated carbocycles. The van der Waals surface area contributed by atoms with Crippen molar-refractivity contribution in [3.63, 3.8) is 0 Å². The Morgan fingerprint density at radius 1 is 1.16 bits per heavy atom. The molecule has 2 heterocycles. The average Bonchev–Trinajstić information content (AvgIpc) is 2.75. The molecule has 0 radical (unpaired) electrons. The highest BCUT2D eigenvalue weighted by Gasteiger charge is 2.17. The number of morpholine rings is 1. The maximum atomic E-state index is 12.5. The molecule has 0 aliphatic carbocycles. The third kappa shape index (κ3) is 5.91. The first kappa shape index (κ1) is 22.5. The number of rotatable bonds is 7. The van der Waals surface area contributed by atoms with Crippen LogP contribution in [0.2, 0.25) is 0 Å². The molecule has 9 heteroatoms. The van der Waals surface area contributed by atoms with Gasteiger partial charge in [0.2, 0.25) is 17.8 Å². The summed E-state index contributed by atoms with van der Waals surface area (Å²) in [5.74, 6) is -0.0677. The number of hydrogen-bond acceptors (Lipinski definition) is 6. The second-order valence-electron chi connectivity index (χ2n) is 7.63. The normalized spacial score (nSPS) is 13.7. The number of aromatic amines is 1. The number of H-pyrrole nitrogens is 1. The molecule has 0 bridgehead atoms. The SMILES string of the molecule is Cc1cccc(NC(=O)CNC(=O)CCc2c(C)nc(N3CCOCC3)[nH]c2=O)c1C. The number of nitrogens with zero attached hydrogens (tertiary/aromatic N) is 2. The minimum absolute atomic E-state index is 0.0965. The molecule has 2 aromatic rings. The van der Waals surface area contributed by atoms with E-state index in [9.17, 15) is 14.4 Å². The Morgan fingerprint density at radius 2 is 1.90 bits per heavy atom. The van der Waals surface area contributed by atoms with E-state index in [4.69, 9.17) is 4.74 Å². The third-order valence-corrected chi connectivity index (χ3v) is 5.45. The maximum Gasteiger partial charge on any atom is 0.255 e. The van der Waals surface area contributed by atoms with E-state index in [0.717, 1.165) is 16.8 Å². The van der Waals surface area contributed by atoms with E-state index < -0.39 is 0 Å². The summed E-state index contributed by atoms with van der Waals surface area (Å²) in [4.78, 5) is 46.1. The fraction of sp³-hybridized carbons (Fsp3) is 0.455. The van der Waals surface area contributed by atoms with Gasteiger partial charge in [0, 0.05) is 36.5 Å². The smallest absolute Gasteiger partial charge is 0.255 e. The molecule has 1 aromatic carbocycles. The van der Waals surface area contributed by atoms with Gasteiger partial charge >= 0.3 is 0 Å².